The summed E-state index contributed by atoms with van der Waals surface area (Å²) in [5.74, 6) is 1.80. The lowest BCUT2D eigenvalue weighted by molar-refractivity contribution is -0.134. The van der Waals surface area contributed by atoms with E-state index in [-0.39, 0.29) is 0 Å². The molecule has 0 spiro atoms. The minimum atomic E-state index is 0.466. The van der Waals surface area contributed by atoms with Gasteiger partial charge < -0.3 is 9.47 Å². The molecule has 0 radical (unpaired) electrons. The monoisotopic (exact) mass is 240 g/mol. The van der Waals surface area contributed by atoms with E-state index >= 15 is 0 Å². The van der Waals surface area contributed by atoms with Crippen LogP contribution < -0.4 is 0 Å². The van der Waals surface area contributed by atoms with Crippen molar-refractivity contribution in [2.45, 2.75) is 77.4 Å². The number of hydrogen-bond donors (Lipinski definition) is 0. The molecular formula is C15H28O2. The summed E-state index contributed by atoms with van der Waals surface area (Å²) in [4.78, 5) is 0. The van der Waals surface area contributed by atoms with Crippen LogP contribution in [0.2, 0.25) is 0 Å². The summed E-state index contributed by atoms with van der Waals surface area (Å²) in [6.45, 7) is 5.21. The highest BCUT2D eigenvalue weighted by Gasteiger charge is 2.21. The molecule has 17 heavy (non-hydrogen) atoms. The molecule has 100 valence electrons. The Labute approximate surface area is 106 Å². The molecule has 0 aromatic carbocycles. The van der Waals surface area contributed by atoms with E-state index in [1.807, 2.05) is 0 Å². The van der Waals surface area contributed by atoms with Crippen LogP contribution in [0.4, 0.5) is 0 Å². The van der Waals surface area contributed by atoms with Gasteiger partial charge in [-0.1, -0.05) is 13.8 Å². The Kier molecular flexibility index (Phi) is 5.30. The predicted molar refractivity (Wildman–Crippen MR) is 69.9 cm³/mol. The fourth-order valence-corrected chi connectivity index (χ4v) is 3.02. The van der Waals surface area contributed by atoms with Gasteiger partial charge in [-0.25, -0.2) is 0 Å². The van der Waals surface area contributed by atoms with Gasteiger partial charge in [-0.3, -0.25) is 0 Å². The van der Waals surface area contributed by atoms with Crippen LogP contribution in [-0.2, 0) is 9.47 Å². The van der Waals surface area contributed by atoms with Crippen LogP contribution in [0, 0.1) is 11.8 Å². The van der Waals surface area contributed by atoms with Crippen LogP contribution in [0.25, 0.3) is 0 Å². The third-order valence-corrected chi connectivity index (χ3v) is 4.53. The molecule has 0 aromatic rings. The number of rotatable bonds is 4. The van der Waals surface area contributed by atoms with Crippen LogP contribution in [0.5, 0.6) is 0 Å². The Morgan fingerprint density at radius 3 is 1.35 bits per heavy atom. The van der Waals surface area contributed by atoms with Crippen molar-refractivity contribution in [1.82, 2.24) is 0 Å². The Bertz CT molecular complexity index is 179. The lowest BCUT2D eigenvalue weighted by Gasteiger charge is -2.29. The first kappa shape index (κ1) is 13.4. The van der Waals surface area contributed by atoms with Gasteiger partial charge in [0.25, 0.3) is 0 Å². The van der Waals surface area contributed by atoms with Crippen molar-refractivity contribution in [3.05, 3.63) is 0 Å². The van der Waals surface area contributed by atoms with Gasteiger partial charge in [-0.2, -0.15) is 0 Å². The summed E-state index contributed by atoms with van der Waals surface area (Å²) < 4.78 is 11.7. The van der Waals surface area contributed by atoms with E-state index in [0.29, 0.717) is 19.0 Å². The van der Waals surface area contributed by atoms with Gasteiger partial charge in [-0.15, -0.1) is 0 Å². The maximum absolute atomic E-state index is 5.84. The third-order valence-electron chi connectivity index (χ3n) is 4.53. The van der Waals surface area contributed by atoms with Crippen LogP contribution in [0.15, 0.2) is 0 Å². The Morgan fingerprint density at radius 1 is 0.647 bits per heavy atom. The van der Waals surface area contributed by atoms with Gasteiger partial charge >= 0.3 is 0 Å². The van der Waals surface area contributed by atoms with E-state index in [4.69, 9.17) is 9.47 Å². The zero-order valence-electron chi connectivity index (χ0n) is 11.5. The van der Waals surface area contributed by atoms with E-state index in [0.717, 1.165) is 11.8 Å². The lowest BCUT2D eigenvalue weighted by Crippen LogP contribution is -2.25. The average molecular weight is 240 g/mol. The quantitative estimate of drug-likeness (QED) is 0.688. The minimum absolute atomic E-state index is 0.466. The molecule has 2 fully saturated rings. The van der Waals surface area contributed by atoms with E-state index in [9.17, 15) is 0 Å². The summed E-state index contributed by atoms with van der Waals surface area (Å²) in [6.07, 6.45) is 11.1. The molecule has 2 aliphatic rings. The molecule has 0 aromatic heterocycles. The van der Waals surface area contributed by atoms with Crippen LogP contribution >= 0.6 is 0 Å². The second kappa shape index (κ2) is 6.75. The molecular weight excluding hydrogens is 212 g/mol. The molecule has 0 heterocycles. The van der Waals surface area contributed by atoms with Crippen molar-refractivity contribution in [2.24, 2.45) is 11.8 Å². The SMILES string of the molecule is CC1CCC(OCOC2CCC(C)CC2)CC1. The summed E-state index contributed by atoms with van der Waals surface area (Å²) in [5, 5.41) is 0. The molecule has 0 saturated heterocycles. The van der Waals surface area contributed by atoms with Crippen LogP contribution in [0.1, 0.15) is 65.2 Å². The van der Waals surface area contributed by atoms with Crippen molar-refractivity contribution in [3.8, 4) is 0 Å². The zero-order valence-corrected chi connectivity index (χ0v) is 11.5. The Hall–Kier alpha value is -0.0800. The van der Waals surface area contributed by atoms with Gasteiger partial charge in [0.05, 0.1) is 12.2 Å². The smallest absolute Gasteiger partial charge is 0.147 e. The van der Waals surface area contributed by atoms with Gasteiger partial charge in [0, 0.05) is 0 Å². The fourth-order valence-electron chi connectivity index (χ4n) is 3.02. The number of ether oxygens (including phenoxy) is 2. The maximum Gasteiger partial charge on any atom is 0.147 e. The third kappa shape index (κ3) is 4.59. The lowest BCUT2D eigenvalue weighted by atomic mass is 9.89. The highest BCUT2D eigenvalue weighted by atomic mass is 16.7. The summed E-state index contributed by atoms with van der Waals surface area (Å²) in [6, 6.07) is 0. The normalized spacial score (nSPS) is 39.2. The highest BCUT2D eigenvalue weighted by molar-refractivity contribution is 4.71. The molecule has 0 N–H and O–H groups in total. The van der Waals surface area contributed by atoms with E-state index in [1.165, 1.54) is 51.4 Å². The molecule has 2 heteroatoms. The van der Waals surface area contributed by atoms with Gasteiger partial charge in [0.2, 0.25) is 0 Å². The molecule has 0 atom stereocenters. The second-order valence-corrected chi connectivity index (χ2v) is 6.21. The number of hydrogen-bond acceptors (Lipinski definition) is 2. The van der Waals surface area contributed by atoms with Gasteiger partial charge in [0.15, 0.2) is 0 Å². The molecule has 2 aliphatic carbocycles. The van der Waals surface area contributed by atoms with Gasteiger partial charge in [-0.05, 0) is 63.2 Å². The molecule has 2 rings (SSSR count). The predicted octanol–water partition coefficient (Wildman–Crippen LogP) is 4.13. The average Bonchev–Trinajstić information content (AvgIpc) is 2.34. The van der Waals surface area contributed by atoms with Gasteiger partial charge in [0.1, 0.15) is 6.79 Å². The zero-order chi connectivity index (χ0) is 12.1. The van der Waals surface area contributed by atoms with Crippen molar-refractivity contribution < 1.29 is 9.47 Å². The molecule has 2 nitrogen and oxygen atoms in total. The maximum atomic E-state index is 5.84. The summed E-state index contributed by atoms with van der Waals surface area (Å²) in [7, 11) is 0. The summed E-state index contributed by atoms with van der Waals surface area (Å²) >= 11 is 0. The van der Waals surface area contributed by atoms with Crippen molar-refractivity contribution in [2.75, 3.05) is 6.79 Å². The topological polar surface area (TPSA) is 18.5 Å². The van der Waals surface area contributed by atoms with Crippen molar-refractivity contribution in [1.29, 1.82) is 0 Å². The summed E-state index contributed by atoms with van der Waals surface area (Å²) in [5.41, 5.74) is 0. The standard InChI is InChI=1S/C15H28O2/c1-12-3-7-14(8-4-12)16-11-17-15-9-5-13(2)6-10-15/h12-15H,3-11H2,1-2H3. The molecule has 0 unspecified atom stereocenters. The van der Waals surface area contributed by atoms with Crippen LogP contribution in [0.3, 0.4) is 0 Å². The van der Waals surface area contributed by atoms with Crippen molar-refractivity contribution in [3.63, 3.8) is 0 Å². The Morgan fingerprint density at radius 2 is 1.00 bits per heavy atom. The first-order chi connectivity index (χ1) is 8.24. The first-order valence-corrected chi connectivity index (χ1v) is 7.47. The highest BCUT2D eigenvalue weighted by Crippen LogP contribution is 2.27. The molecule has 0 aliphatic heterocycles. The molecule has 2 saturated carbocycles. The fraction of sp³-hybridized carbons (Fsp3) is 1.00. The van der Waals surface area contributed by atoms with Crippen molar-refractivity contribution >= 4 is 0 Å². The molecule has 0 bridgehead atoms. The van der Waals surface area contributed by atoms with E-state index in [2.05, 4.69) is 13.8 Å². The van der Waals surface area contributed by atoms with E-state index in [1.54, 1.807) is 0 Å². The Balaban J connectivity index is 1.54. The van der Waals surface area contributed by atoms with E-state index < -0.39 is 0 Å². The molecule has 0 amide bonds. The minimum Gasteiger partial charge on any atom is -0.352 e. The first-order valence-electron chi connectivity index (χ1n) is 7.47. The largest absolute Gasteiger partial charge is 0.352 e. The van der Waals surface area contributed by atoms with Crippen LogP contribution in [-0.4, -0.2) is 19.0 Å². The second-order valence-electron chi connectivity index (χ2n) is 6.21.